The minimum Gasteiger partial charge on any atom is -0.481 e. The van der Waals surface area contributed by atoms with Crippen LogP contribution in [0.1, 0.15) is 16.2 Å². The van der Waals surface area contributed by atoms with Crippen LogP contribution in [0.3, 0.4) is 0 Å². The first-order valence-electron chi connectivity index (χ1n) is 5.90. The van der Waals surface area contributed by atoms with E-state index in [1.807, 2.05) is 0 Å². The molecule has 0 aliphatic heterocycles. The number of carboxylic acids is 1. The van der Waals surface area contributed by atoms with Crippen molar-refractivity contribution >= 4 is 5.97 Å². The summed E-state index contributed by atoms with van der Waals surface area (Å²) in [5.41, 5.74) is 0.00998. The molecular weight excluding hydrogens is 278 g/mol. The highest BCUT2D eigenvalue weighted by molar-refractivity contribution is 5.90. The van der Waals surface area contributed by atoms with Crippen molar-refractivity contribution < 1.29 is 23.6 Å². The summed E-state index contributed by atoms with van der Waals surface area (Å²) in [6, 6.07) is 4.75. The standard InChI is InChI=1S/C13H9N3O5/c17-13(18)8-3-4-14-6-10(8)20-7-11-15-12(16-21-11)9-2-1-5-19-9/h1-6H,7H2,(H,17,18). The number of furan rings is 1. The molecule has 21 heavy (non-hydrogen) atoms. The van der Waals surface area contributed by atoms with Gasteiger partial charge in [-0.2, -0.15) is 4.98 Å². The quantitative estimate of drug-likeness (QED) is 0.758. The Labute approximate surface area is 118 Å². The number of carboxylic acid groups (broad SMARTS) is 1. The van der Waals surface area contributed by atoms with Crippen LogP contribution in [0.25, 0.3) is 11.6 Å². The highest BCUT2D eigenvalue weighted by Gasteiger charge is 2.14. The number of nitrogens with zero attached hydrogens (tertiary/aromatic N) is 3. The van der Waals surface area contributed by atoms with Gasteiger partial charge in [0.1, 0.15) is 5.56 Å². The van der Waals surface area contributed by atoms with Gasteiger partial charge in [-0.05, 0) is 18.2 Å². The molecule has 3 heterocycles. The zero-order valence-electron chi connectivity index (χ0n) is 10.6. The number of rotatable bonds is 5. The second-order valence-electron chi connectivity index (χ2n) is 3.95. The van der Waals surface area contributed by atoms with Crippen LogP contribution in [0.4, 0.5) is 0 Å². The van der Waals surface area contributed by atoms with Crippen molar-refractivity contribution in [1.82, 2.24) is 15.1 Å². The number of hydrogen-bond donors (Lipinski definition) is 1. The number of ether oxygens (including phenoxy) is 1. The summed E-state index contributed by atoms with van der Waals surface area (Å²) in [7, 11) is 0. The molecule has 0 saturated heterocycles. The van der Waals surface area contributed by atoms with Crippen LogP contribution >= 0.6 is 0 Å². The molecule has 0 saturated carbocycles. The summed E-state index contributed by atoms with van der Waals surface area (Å²) in [5.74, 6) is -0.0145. The van der Waals surface area contributed by atoms with Crippen LogP contribution in [0, 0.1) is 0 Å². The largest absolute Gasteiger partial charge is 0.481 e. The van der Waals surface area contributed by atoms with Crippen LogP contribution < -0.4 is 4.74 Å². The maximum atomic E-state index is 11.0. The zero-order valence-corrected chi connectivity index (χ0v) is 10.6. The van der Waals surface area contributed by atoms with Gasteiger partial charge in [0.2, 0.25) is 5.82 Å². The molecule has 8 heteroatoms. The van der Waals surface area contributed by atoms with E-state index in [-0.39, 0.29) is 23.8 Å². The topological polar surface area (TPSA) is 111 Å². The monoisotopic (exact) mass is 287 g/mol. The van der Waals surface area contributed by atoms with Crippen molar-refractivity contribution in [1.29, 1.82) is 0 Å². The fraction of sp³-hybridized carbons (Fsp3) is 0.0769. The summed E-state index contributed by atoms with van der Waals surface area (Å²) < 4.78 is 15.5. The predicted octanol–water partition coefficient (Wildman–Crippen LogP) is 2.00. The van der Waals surface area contributed by atoms with Crippen molar-refractivity contribution in [3.63, 3.8) is 0 Å². The zero-order chi connectivity index (χ0) is 14.7. The molecule has 0 atom stereocenters. The highest BCUT2D eigenvalue weighted by Crippen LogP contribution is 2.19. The average Bonchev–Trinajstić information content (AvgIpc) is 3.16. The molecule has 0 amide bonds. The van der Waals surface area contributed by atoms with Crippen LogP contribution in [0.15, 0.2) is 45.8 Å². The van der Waals surface area contributed by atoms with E-state index < -0.39 is 5.97 Å². The summed E-state index contributed by atoms with van der Waals surface area (Å²) in [6.45, 7) is -0.0698. The van der Waals surface area contributed by atoms with E-state index >= 15 is 0 Å². The van der Waals surface area contributed by atoms with Crippen LogP contribution in [0.2, 0.25) is 0 Å². The van der Waals surface area contributed by atoms with E-state index in [0.29, 0.717) is 11.6 Å². The molecule has 0 unspecified atom stereocenters. The average molecular weight is 287 g/mol. The van der Waals surface area contributed by atoms with Crippen molar-refractivity contribution in [3.8, 4) is 17.3 Å². The lowest BCUT2D eigenvalue weighted by Crippen LogP contribution is -2.04. The van der Waals surface area contributed by atoms with Crippen molar-refractivity contribution in [2.75, 3.05) is 0 Å². The Bertz CT molecular complexity index is 751. The first kappa shape index (κ1) is 12.9. The number of aromatic nitrogens is 3. The minimum atomic E-state index is -1.10. The number of pyridine rings is 1. The molecule has 106 valence electrons. The van der Waals surface area contributed by atoms with E-state index in [0.717, 1.165) is 0 Å². The Morgan fingerprint density at radius 1 is 1.38 bits per heavy atom. The molecular formula is C13H9N3O5. The minimum absolute atomic E-state index is 0.00998. The SMILES string of the molecule is O=C(O)c1ccncc1OCc1nc(-c2ccco2)no1. The third-order valence-corrected chi connectivity index (χ3v) is 2.58. The molecule has 0 bridgehead atoms. The van der Waals surface area contributed by atoms with Crippen LogP contribution in [-0.4, -0.2) is 26.2 Å². The third-order valence-electron chi connectivity index (χ3n) is 2.58. The maximum Gasteiger partial charge on any atom is 0.339 e. The highest BCUT2D eigenvalue weighted by atomic mass is 16.5. The summed E-state index contributed by atoms with van der Waals surface area (Å²) in [6.07, 6.45) is 4.18. The van der Waals surface area contributed by atoms with Crippen LogP contribution in [0.5, 0.6) is 5.75 Å². The molecule has 3 aromatic rings. The summed E-state index contributed by atoms with van der Waals surface area (Å²) >= 11 is 0. The molecule has 0 radical (unpaired) electrons. The number of aromatic carboxylic acids is 1. The molecule has 0 fully saturated rings. The lowest BCUT2D eigenvalue weighted by atomic mass is 10.2. The Morgan fingerprint density at radius 3 is 3.05 bits per heavy atom. The van der Waals surface area contributed by atoms with Gasteiger partial charge in [0, 0.05) is 6.20 Å². The van der Waals surface area contributed by atoms with Gasteiger partial charge in [-0.15, -0.1) is 0 Å². The molecule has 3 rings (SSSR count). The molecule has 1 N–H and O–H groups in total. The Balaban J connectivity index is 1.73. The van der Waals surface area contributed by atoms with E-state index in [2.05, 4.69) is 15.1 Å². The Hall–Kier alpha value is -3.16. The smallest absolute Gasteiger partial charge is 0.339 e. The fourth-order valence-electron chi connectivity index (χ4n) is 1.63. The number of carbonyl (C=O) groups is 1. The van der Waals surface area contributed by atoms with Crippen molar-refractivity contribution in [3.05, 3.63) is 48.3 Å². The Morgan fingerprint density at radius 2 is 2.29 bits per heavy atom. The van der Waals surface area contributed by atoms with Gasteiger partial charge in [0.05, 0.1) is 12.5 Å². The van der Waals surface area contributed by atoms with Gasteiger partial charge in [0.25, 0.3) is 5.89 Å². The van der Waals surface area contributed by atoms with Gasteiger partial charge in [-0.3, -0.25) is 4.98 Å². The van der Waals surface area contributed by atoms with E-state index in [4.69, 9.17) is 18.8 Å². The van der Waals surface area contributed by atoms with Gasteiger partial charge in [0.15, 0.2) is 18.1 Å². The van der Waals surface area contributed by atoms with Crippen LogP contribution in [-0.2, 0) is 6.61 Å². The number of hydrogen-bond acceptors (Lipinski definition) is 7. The van der Waals surface area contributed by atoms with E-state index in [9.17, 15) is 4.79 Å². The Kier molecular flexibility index (Phi) is 3.34. The lowest BCUT2D eigenvalue weighted by Gasteiger charge is -2.05. The predicted molar refractivity (Wildman–Crippen MR) is 67.5 cm³/mol. The van der Waals surface area contributed by atoms with Crippen molar-refractivity contribution in [2.24, 2.45) is 0 Å². The van der Waals surface area contributed by atoms with Gasteiger partial charge >= 0.3 is 5.97 Å². The molecule has 0 spiro atoms. The first-order valence-corrected chi connectivity index (χ1v) is 5.90. The fourth-order valence-corrected chi connectivity index (χ4v) is 1.63. The normalized spacial score (nSPS) is 10.5. The second-order valence-corrected chi connectivity index (χ2v) is 3.95. The van der Waals surface area contributed by atoms with Crippen molar-refractivity contribution in [2.45, 2.75) is 6.61 Å². The van der Waals surface area contributed by atoms with E-state index in [1.54, 1.807) is 12.1 Å². The molecule has 8 nitrogen and oxygen atoms in total. The molecule has 3 aromatic heterocycles. The van der Waals surface area contributed by atoms with E-state index in [1.165, 1.54) is 24.7 Å². The first-order chi connectivity index (χ1) is 10.2. The second kappa shape index (κ2) is 5.45. The van der Waals surface area contributed by atoms with Gasteiger partial charge < -0.3 is 18.8 Å². The molecule has 0 aliphatic carbocycles. The van der Waals surface area contributed by atoms with Gasteiger partial charge in [-0.1, -0.05) is 5.16 Å². The third kappa shape index (κ3) is 2.73. The summed E-state index contributed by atoms with van der Waals surface area (Å²) in [5, 5.41) is 12.8. The lowest BCUT2D eigenvalue weighted by molar-refractivity contribution is 0.0690. The molecule has 0 aromatic carbocycles. The molecule has 0 aliphatic rings. The van der Waals surface area contributed by atoms with Gasteiger partial charge in [-0.25, -0.2) is 4.79 Å². The maximum absolute atomic E-state index is 11.0. The summed E-state index contributed by atoms with van der Waals surface area (Å²) in [4.78, 5) is 18.9.